The molecule has 1 aliphatic carbocycles. The Bertz CT molecular complexity index is 572. The molecule has 3 rings (SSSR count). The van der Waals surface area contributed by atoms with Crippen molar-refractivity contribution in [3.8, 4) is 0 Å². The highest BCUT2D eigenvalue weighted by atomic mass is 16.2. The molecule has 1 aliphatic heterocycles. The first kappa shape index (κ1) is 15.8. The Kier molecular flexibility index (Phi) is 4.84. The van der Waals surface area contributed by atoms with Gasteiger partial charge in [0.05, 0.1) is 0 Å². The average Bonchev–Trinajstić information content (AvgIpc) is 3.28. The summed E-state index contributed by atoms with van der Waals surface area (Å²) < 4.78 is 0. The van der Waals surface area contributed by atoms with Gasteiger partial charge in [0.25, 0.3) is 0 Å². The molecule has 2 N–H and O–H groups in total. The molecule has 0 spiro atoms. The van der Waals surface area contributed by atoms with Crippen LogP contribution in [0.2, 0.25) is 0 Å². The lowest BCUT2D eigenvalue weighted by atomic mass is 10.1. The van der Waals surface area contributed by atoms with Gasteiger partial charge in [-0.2, -0.15) is 0 Å². The van der Waals surface area contributed by atoms with Crippen molar-refractivity contribution in [2.45, 2.75) is 37.8 Å². The fraction of sp³-hybridized carbons (Fsp3) is 0.556. The summed E-state index contributed by atoms with van der Waals surface area (Å²) in [6.07, 6.45) is 3.81. The topological polar surface area (TPSA) is 56.7 Å². The predicted molar refractivity (Wildman–Crippen MR) is 92.3 cm³/mol. The van der Waals surface area contributed by atoms with Crippen LogP contribution in [0.25, 0.3) is 0 Å². The Labute approximate surface area is 138 Å². The quantitative estimate of drug-likeness (QED) is 0.652. The summed E-state index contributed by atoms with van der Waals surface area (Å²) in [7, 11) is 3.67. The summed E-state index contributed by atoms with van der Waals surface area (Å²) in [5.74, 6) is 1.78. The number of piperidine rings is 1. The van der Waals surface area contributed by atoms with E-state index in [4.69, 9.17) is 0 Å². The average molecular weight is 314 g/mol. The van der Waals surface area contributed by atoms with E-state index in [1.54, 1.807) is 4.90 Å². The molecule has 124 valence electrons. The van der Waals surface area contributed by atoms with Crippen LogP contribution >= 0.6 is 0 Å². The van der Waals surface area contributed by atoms with Gasteiger partial charge in [-0.05, 0) is 30.7 Å². The summed E-state index contributed by atoms with van der Waals surface area (Å²) >= 11 is 0. The standard InChI is InChI=1S/C18H26N4O/c1-19-18(20-15-8-9-17(23)22(2)12-15)21-16-11-14(16)10-13-6-4-3-5-7-13/h3-7,14-16H,8-12H2,1-2H3,(H2,19,20,21). The third kappa shape index (κ3) is 4.24. The molecular formula is C18H26N4O. The van der Waals surface area contributed by atoms with E-state index in [1.807, 2.05) is 14.1 Å². The number of rotatable bonds is 4. The van der Waals surface area contributed by atoms with Gasteiger partial charge >= 0.3 is 0 Å². The first-order valence-corrected chi connectivity index (χ1v) is 8.43. The van der Waals surface area contributed by atoms with Crippen molar-refractivity contribution in [1.82, 2.24) is 15.5 Å². The Hall–Kier alpha value is -2.04. The number of carbonyl (C=O) groups is 1. The number of carbonyl (C=O) groups excluding carboxylic acids is 1. The van der Waals surface area contributed by atoms with Crippen molar-refractivity contribution in [2.24, 2.45) is 10.9 Å². The SMILES string of the molecule is CN=C(NC1CCC(=O)N(C)C1)NC1CC1Cc1ccccc1. The largest absolute Gasteiger partial charge is 0.353 e. The molecule has 1 aromatic carbocycles. The van der Waals surface area contributed by atoms with Crippen LogP contribution in [0, 0.1) is 5.92 Å². The van der Waals surface area contributed by atoms with Crippen LogP contribution in [0.15, 0.2) is 35.3 Å². The summed E-state index contributed by atoms with van der Waals surface area (Å²) in [4.78, 5) is 17.7. The number of guanidine groups is 1. The molecule has 5 heteroatoms. The molecule has 3 unspecified atom stereocenters. The number of hydrogen-bond donors (Lipinski definition) is 2. The van der Waals surface area contributed by atoms with Crippen molar-refractivity contribution in [3.05, 3.63) is 35.9 Å². The van der Waals surface area contributed by atoms with Crippen molar-refractivity contribution in [1.29, 1.82) is 0 Å². The summed E-state index contributed by atoms with van der Waals surface area (Å²) in [6, 6.07) is 11.4. The number of amides is 1. The van der Waals surface area contributed by atoms with Gasteiger partial charge in [0.1, 0.15) is 0 Å². The number of nitrogens with zero attached hydrogens (tertiary/aromatic N) is 2. The molecular weight excluding hydrogens is 288 g/mol. The highest BCUT2D eigenvalue weighted by molar-refractivity contribution is 5.81. The normalized spacial score (nSPS) is 27.7. The second-order valence-corrected chi connectivity index (χ2v) is 6.66. The van der Waals surface area contributed by atoms with E-state index in [2.05, 4.69) is 46.0 Å². The molecule has 5 nitrogen and oxygen atoms in total. The van der Waals surface area contributed by atoms with Gasteiger partial charge in [0.15, 0.2) is 5.96 Å². The molecule has 23 heavy (non-hydrogen) atoms. The minimum Gasteiger partial charge on any atom is -0.353 e. The van der Waals surface area contributed by atoms with Crippen LogP contribution in [0.1, 0.15) is 24.8 Å². The fourth-order valence-electron chi connectivity index (χ4n) is 3.24. The van der Waals surface area contributed by atoms with Crippen molar-refractivity contribution in [2.75, 3.05) is 20.6 Å². The molecule has 0 radical (unpaired) electrons. The molecule has 1 saturated carbocycles. The lowest BCUT2D eigenvalue weighted by molar-refractivity contribution is -0.132. The smallest absolute Gasteiger partial charge is 0.222 e. The predicted octanol–water partition coefficient (Wildman–Crippen LogP) is 1.40. The van der Waals surface area contributed by atoms with E-state index >= 15 is 0 Å². The summed E-state index contributed by atoms with van der Waals surface area (Å²) in [6.45, 7) is 0.748. The van der Waals surface area contributed by atoms with Gasteiger partial charge in [-0.15, -0.1) is 0 Å². The third-order valence-corrected chi connectivity index (χ3v) is 4.78. The Morgan fingerprint density at radius 1 is 1.30 bits per heavy atom. The lowest BCUT2D eigenvalue weighted by Crippen LogP contribution is -2.52. The van der Waals surface area contributed by atoms with Gasteiger partial charge in [-0.25, -0.2) is 0 Å². The number of likely N-dealkylation sites (tertiary alicyclic amines) is 1. The van der Waals surface area contributed by atoms with Crippen molar-refractivity contribution in [3.63, 3.8) is 0 Å². The second-order valence-electron chi connectivity index (χ2n) is 6.66. The lowest BCUT2D eigenvalue weighted by Gasteiger charge is -2.31. The number of aliphatic imine (C=N–C) groups is 1. The van der Waals surface area contributed by atoms with Crippen LogP contribution in [0.5, 0.6) is 0 Å². The van der Waals surface area contributed by atoms with Gasteiger partial charge in [-0.3, -0.25) is 9.79 Å². The molecule has 1 heterocycles. The first-order valence-electron chi connectivity index (χ1n) is 8.43. The van der Waals surface area contributed by atoms with Crippen LogP contribution < -0.4 is 10.6 Å². The summed E-state index contributed by atoms with van der Waals surface area (Å²) in [5.41, 5.74) is 1.40. The highest BCUT2D eigenvalue weighted by Gasteiger charge is 2.37. The molecule has 3 atom stereocenters. The minimum atomic E-state index is 0.233. The van der Waals surface area contributed by atoms with E-state index in [0.717, 1.165) is 25.3 Å². The summed E-state index contributed by atoms with van der Waals surface area (Å²) in [5, 5.41) is 6.98. The number of benzene rings is 1. The Balaban J connectivity index is 1.45. The van der Waals surface area contributed by atoms with E-state index in [1.165, 1.54) is 12.0 Å². The fourth-order valence-corrected chi connectivity index (χ4v) is 3.24. The Morgan fingerprint density at radius 3 is 2.78 bits per heavy atom. The van der Waals surface area contributed by atoms with Gasteiger partial charge in [0.2, 0.25) is 5.91 Å². The molecule has 1 aromatic rings. The monoisotopic (exact) mass is 314 g/mol. The highest BCUT2D eigenvalue weighted by Crippen LogP contribution is 2.33. The second kappa shape index (κ2) is 7.02. The minimum absolute atomic E-state index is 0.233. The first-order chi connectivity index (χ1) is 11.2. The third-order valence-electron chi connectivity index (χ3n) is 4.78. The van der Waals surface area contributed by atoms with Crippen molar-refractivity contribution >= 4 is 11.9 Å². The zero-order valence-corrected chi connectivity index (χ0v) is 14.0. The zero-order valence-electron chi connectivity index (χ0n) is 14.0. The Morgan fingerprint density at radius 2 is 2.09 bits per heavy atom. The van der Waals surface area contributed by atoms with Crippen LogP contribution in [-0.4, -0.2) is 49.5 Å². The molecule has 2 aliphatic rings. The van der Waals surface area contributed by atoms with Gasteiger partial charge in [-0.1, -0.05) is 30.3 Å². The molecule has 0 bridgehead atoms. The number of hydrogen-bond acceptors (Lipinski definition) is 2. The van der Waals surface area contributed by atoms with Gasteiger partial charge in [0, 0.05) is 39.1 Å². The maximum Gasteiger partial charge on any atom is 0.222 e. The van der Waals surface area contributed by atoms with E-state index < -0.39 is 0 Å². The maximum absolute atomic E-state index is 11.6. The van der Waals surface area contributed by atoms with Gasteiger partial charge < -0.3 is 15.5 Å². The van der Waals surface area contributed by atoms with Crippen LogP contribution in [0.3, 0.4) is 0 Å². The van der Waals surface area contributed by atoms with E-state index in [-0.39, 0.29) is 11.9 Å². The molecule has 2 fully saturated rings. The van der Waals surface area contributed by atoms with Crippen LogP contribution in [0.4, 0.5) is 0 Å². The number of likely N-dealkylation sites (N-methyl/N-ethyl adjacent to an activating group) is 1. The zero-order chi connectivity index (χ0) is 16.2. The maximum atomic E-state index is 11.6. The van der Waals surface area contributed by atoms with Crippen LogP contribution in [-0.2, 0) is 11.2 Å². The number of nitrogens with one attached hydrogen (secondary N) is 2. The van der Waals surface area contributed by atoms with Crippen molar-refractivity contribution < 1.29 is 4.79 Å². The molecule has 1 saturated heterocycles. The van der Waals surface area contributed by atoms with E-state index in [0.29, 0.717) is 18.4 Å². The van der Waals surface area contributed by atoms with E-state index in [9.17, 15) is 4.79 Å². The molecule has 0 aromatic heterocycles. The molecule has 1 amide bonds.